The number of carboxylic acid groups (broad SMARTS) is 1. The summed E-state index contributed by atoms with van der Waals surface area (Å²) in [6.45, 7) is 9.26. The number of ether oxygens (including phenoxy) is 1. The number of benzene rings is 1. The number of hydrogen-bond acceptors (Lipinski definition) is 3. The molecule has 0 aliphatic rings. The van der Waals surface area contributed by atoms with Crippen molar-refractivity contribution in [3.8, 4) is 5.75 Å². The zero-order chi connectivity index (χ0) is 15.8. The fourth-order valence-corrected chi connectivity index (χ4v) is 2.49. The highest BCUT2D eigenvalue weighted by Crippen LogP contribution is 2.23. The lowest BCUT2D eigenvalue weighted by Gasteiger charge is -2.26. The molecule has 118 valence electrons. The molecule has 0 saturated heterocycles. The van der Waals surface area contributed by atoms with Crippen molar-refractivity contribution in [2.45, 2.75) is 40.2 Å². The average Bonchev–Trinajstić information content (AvgIpc) is 2.50. The Kier molecular flexibility index (Phi) is 7.23. The standard InChI is InChI=1S/C17H27NO3/c1-5-13(6-2)11-18(7-3)12-15-10-14(17(19)20)8-9-16(15)21-4/h8-10,13H,5-7,11-12H2,1-4H3,(H,19,20). The minimum atomic E-state index is -0.901. The van der Waals surface area contributed by atoms with Crippen LogP contribution in [0.1, 0.15) is 49.5 Å². The average molecular weight is 293 g/mol. The highest BCUT2D eigenvalue weighted by atomic mass is 16.5. The summed E-state index contributed by atoms with van der Waals surface area (Å²) in [5.41, 5.74) is 1.24. The number of carbonyl (C=O) groups is 1. The van der Waals surface area contributed by atoms with Crippen LogP contribution in [-0.2, 0) is 6.54 Å². The maximum atomic E-state index is 11.1. The second-order valence-corrected chi connectivity index (χ2v) is 5.34. The van der Waals surface area contributed by atoms with Crippen LogP contribution >= 0.6 is 0 Å². The Morgan fingerprint density at radius 2 is 1.95 bits per heavy atom. The molecule has 0 aromatic heterocycles. The van der Waals surface area contributed by atoms with Gasteiger partial charge in [-0.3, -0.25) is 4.90 Å². The summed E-state index contributed by atoms with van der Waals surface area (Å²) in [4.78, 5) is 13.5. The third-order valence-electron chi connectivity index (χ3n) is 4.04. The number of hydrogen-bond donors (Lipinski definition) is 1. The zero-order valence-electron chi connectivity index (χ0n) is 13.6. The van der Waals surface area contributed by atoms with Crippen LogP contribution in [0.25, 0.3) is 0 Å². The third kappa shape index (κ3) is 5.05. The van der Waals surface area contributed by atoms with E-state index in [0.29, 0.717) is 11.5 Å². The molecule has 0 atom stereocenters. The fourth-order valence-electron chi connectivity index (χ4n) is 2.49. The summed E-state index contributed by atoms with van der Waals surface area (Å²) in [7, 11) is 1.62. The van der Waals surface area contributed by atoms with Crippen LogP contribution in [0.2, 0.25) is 0 Å². The molecular weight excluding hydrogens is 266 g/mol. The van der Waals surface area contributed by atoms with Crippen molar-refractivity contribution in [2.24, 2.45) is 5.92 Å². The minimum absolute atomic E-state index is 0.310. The zero-order valence-corrected chi connectivity index (χ0v) is 13.6. The van der Waals surface area contributed by atoms with Gasteiger partial charge in [-0.05, 0) is 30.7 Å². The molecule has 0 fully saturated rings. The van der Waals surface area contributed by atoms with Gasteiger partial charge in [-0.2, -0.15) is 0 Å². The normalized spacial score (nSPS) is 11.1. The molecule has 0 spiro atoms. The molecule has 21 heavy (non-hydrogen) atoms. The molecule has 0 heterocycles. The number of rotatable bonds is 9. The highest BCUT2D eigenvalue weighted by molar-refractivity contribution is 5.88. The van der Waals surface area contributed by atoms with Crippen molar-refractivity contribution in [2.75, 3.05) is 20.2 Å². The maximum absolute atomic E-state index is 11.1. The van der Waals surface area contributed by atoms with E-state index in [4.69, 9.17) is 9.84 Å². The van der Waals surface area contributed by atoms with E-state index in [1.54, 1.807) is 25.3 Å². The van der Waals surface area contributed by atoms with Crippen LogP contribution in [0.4, 0.5) is 0 Å². The van der Waals surface area contributed by atoms with Gasteiger partial charge < -0.3 is 9.84 Å². The van der Waals surface area contributed by atoms with Gasteiger partial charge in [0.25, 0.3) is 0 Å². The van der Waals surface area contributed by atoms with E-state index >= 15 is 0 Å². The smallest absolute Gasteiger partial charge is 0.335 e. The van der Waals surface area contributed by atoms with Crippen molar-refractivity contribution in [3.05, 3.63) is 29.3 Å². The van der Waals surface area contributed by atoms with Crippen LogP contribution in [-0.4, -0.2) is 36.2 Å². The van der Waals surface area contributed by atoms with Crippen LogP contribution in [0, 0.1) is 5.92 Å². The first-order valence-corrected chi connectivity index (χ1v) is 7.68. The minimum Gasteiger partial charge on any atom is -0.496 e. The summed E-state index contributed by atoms with van der Waals surface area (Å²) in [5, 5.41) is 9.13. The van der Waals surface area contributed by atoms with Gasteiger partial charge in [0, 0.05) is 18.7 Å². The first-order chi connectivity index (χ1) is 10.0. The lowest BCUT2D eigenvalue weighted by molar-refractivity contribution is 0.0696. The first kappa shape index (κ1) is 17.5. The van der Waals surface area contributed by atoms with Crippen molar-refractivity contribution in [1.82, 2.24) is 4.90 Å². The monoisotopic (exact) mass is 293 g/mol. The SMILES string of the molecule is CCC(CC)CN(CC)Cc1cc(C(=O)O)ccc1OC. The second kappa shape index (κ2) is 8.67. The van der Waals surface area contributed by atoms with E-state index in [9.17, 15) is 4.79 Å². The van der Waals surface area contributed by atoms with Gasteiger partial charge in [0.15, 0.2) is 0 Å². The third-order valence-corrected chi connectivity index (χ3v) is 4.04. The molecule has 0 aliphatic carbocycles. The lowest BCUT2D eigenvalue weighted by Crippen LogP contribution is -2.29. The summed E-state index contributed by atoms with van der Waals surface area (Å²) < 4.78 is 5.36. The van der Waals surface area contributed by atoms with Gasteiger partial charge in [-0.15, -0.1) is 0 Å². The molecule has 1 N–H and O–H groups in total. The van der Waals surface area contributed by atoms with Crippen molar-refractivity contribution in [3.63, 3.8) is 0 Å². The quantitative estimate of drug-likeness (QED) is 0.755. The topological polar surface area (TPSA) is 49.8 Å². The van der Waals surface area contributed by atoms with E-state index < -0.39 is 5.97 Å². The number of aromatic carboxylic acids is 1. The van der Waals surface area contributed by atoms with E-state index in [1.807, 2.05) is 0 Å². The first-order valence-electron chi connectivity index (χ1n) is 7.68. The molecule has 1 rings (SSSR count). The van der Waals surface area contributed by atoms with Gasteiger partial charge in [-0.1, -0.05) is 33.6 Å². The highest BCUT2D eigenvalue weighted by Gasteiger charge is 2.14. The molecule has 4 nitrogen and oxygen atoms in total. The molecule has 0 amide bonds. The molecule has 1 aromatic carbocycles. The van der Waals surface area contributed by atoms with Gasteiger partial charge in [0.2, 0.25) is 0 Å². The van der Waals surface area contributed by atoms with E-state index in [0.717, 1.165) is 30.9 Å². The molecule has 0 unspecified atom stereocenters. The Morgan fingerprint density at radius 1 is 1.29 bits per heavy atom. The molecule has 0 bridgehead atoms. The molecule has 0 saturated carbocycles. The van der Waals surface area contributed by atoms with E-state index in [2.05, 4.69) is 25.7 Å². The molecule has 1 aromatic rings. The molecular formula is C17H27NO3. The Bertz CT molecular complexity index is 455. The summed E-state index contributed by atoms with van der Waals surface area (Å²) >= 11 is 0. The Hall–Kier alpha value is -1.55. The Labute approximate surface area is 127 Å². The Morgan fingerprint density at radius 3 is 2.43 bits per heavy atom. The predicted molar refractivity (Wildman–Crippen MR) is 85.0 cm³/mol. The number of methoxy groups -OCH3 is 1. The number of carboxylic acids is 1. The van der Waals surface area contributed by atoms with Crippen molar-refractivity contribution < 1.29 is 14.6 Å². The maximum Gasteiger partial charge on any atom is 0.335 e. The van der Waals surface area contributed by atoms with Crippen LogP contribution < -0.4 is 4.74 Å². The summed E-state index contributed by atoms with van der Waals surface area (Å²) in [5.74, 6) is 0.531. The summed E-state index contributed by atoms with van der Waals surface area (Å²) in [6.07, 6.45) is 2.33. The van der Waals surface area contributed by atoms with Gasteiger partial charge >= 0.3 is 5.97 Å². The van der Waals surface area contributed by atoms with E-state index in [1.165, 1.54) is 12.8 Å². The largest absolute Gasteiger partial charge is 0.496 e. The van der Waals surface area contributed by atoms with Gasteiger partial charge in [-0.25, -0.2) is 4.79 Å². The van der Waals surface area contributed by atoms with Crippen LogP contribution in [0.15, 0.2) is 18.2 Å². The van der Waals surface area contributed by atoms with Crippen molar-refractivity contribution >= 4 is 5.97 Å². The Balaban J connectivity index is 2.91. The van der Waals surface area contributed by atoms with E-state index in [-0.39, 0.29) is 0 Å². The predicted octanol–water partition coefficient (Wildman–Crippen LogP) is 3.65. The summed E-state index contributed by atoms with van der Waals surface area (Å²) in [6, 6.07) is 5.04. The second-order valence-electron chi connectivity index (χ2n) is 5.34. The van der Waals surface area contributed by atoms with Crippen molar-refractivity contribution in [1.29, 1.82) is 0 Å². The fraction of sp³-hybridized carbons (Fsp3) is 0.588. The molecule has 0 aliphatic heterocycles. The number of nitrogens with zero attached hydrogens (tertiary/aromatic N) is 1. The molecule has 4 heteroatoms. The molecule has 0 radical (unpaired) electrons. The lowest BCUT2D eigenvalue weighted by atomic mass is 10.0. The van der Waals surface area contributed by atoms with Crippen LogP contribution in [0.3, 0.4) is 0 Å². The van der Waals surface area contributed by atoms with Crippen LogP contribution in [0.5, 0.6) is 5.75 Å². The van der Waals surface area contributed by atoms with Gasteiger partial charge in [0.1, 0.15) is 5.75 Å². The van der Waals surface area contributed by atoms with Gasteiger partial charge in [0.05, 0.1) is 12.7 Å².